The van der Waals surface area contributed by atoms with Crippen LogP contribution < -0.4 is 5.73 Å². The molecule has 1 aromatic carbocycles. The van der Waals surface area contributed by atoms with E-state index >= 15 is 0 Å². The monoisotopic (exact) mass is 171 g/mol. The zero-order chi connectivity index (χ0) is 8.84. The second-order valence-electron chi connectivity index (χ2n) is 3.30. The van der Waals surface area contributed by atoms with Crippen LogP contribution in [0.2, 0.25) is 0 Å². The predicted octanol–water partition coefficient (Wildman–Crippen LogP) is 2.58. The van der Waals surface area contributed by atoms with Crippen LogP contribution in [0.3, 0.4) is 0 Å². The molecule has 0 radical (unpaired) electrons. The van der Waals surface area contributed by atoms with Crippen LogP contribution in [0.25, 0.3) is 17.0 Å². The van der Waals surface area contributed by atoms with Gasteiger partial charge in [0.25, 0.3) is 0 Å². The lowest BCUT2D eigenvalue weighted by Gasteiger charge is -2.03. The number of rotatable bonds is 0. The molecule has 2 N–H and O–H groups in total. The standard InChI is InChI=1S/C11H9NO/c12-10-9-3-1-2-7(9)6-8-4-5-13-11(8)10/h1-2,4-6H,3,12H2. The van der Waals surface area contributed by atoms with E-state index in [2.05, 4.69) is 18.2 Å². The molecule has 0 saturated carbocycles. The van der Waals surface area contributed by atoms with Crippen molar-refractivity contribution >= 4 is 22.7 Å². The fraction of sp³-hybridized carbons (Fsp3) is 0.0909. The van der Waals surface area contributed by atoms with Crippen LogP contribution in [0.1, 0.15) is 11.1 Å². The Balaban J connectivity index is 2.49. The number of furan rings is 1. The highest BCUT2D eigenvalue weighted by atomic mass is 16.3. The summed E-state index contributed by atoms with van der Waals surface area (Å²) in [7, 11) is 0. The Morgan fingerprint density at radius 1 is 1.38 bits per heavy atom. The topological polar surface area (TPSA) is 39.2 Å². The molecule has 1 aliphatic carbocycles. The molecule has 0 fully saturated rings. The minimum atomic E-state index is 0.794. The van der Waals surface area contributed by atoms with Crippen molar-refractivity contribution in [1.82, 2.24) is 0 Å². The molecule has 0 atom stereocenters. The molecule has 1 aromatic heterocycles. The zero-order valence-electron chi connectivity index (χ0n) is 7.08. The van der Waals surface area contributed by atoms with Gasteiger partial charge in [0.2, 0.25) is 0 Å². The third-order valence-electron chi connectivity index (χ3n) is 2.54. The van der Waals surface area contributed by atoms with Crippen molar-refractivity contribution < 1.29 is 4.42 Å². The van der Waals surface area contributed by atoms with Crippen molar-refractivity contribution in [3.63, 3.8) is 0 Å². The van der Waals surface area contributed by atoms with Crippen LogP contribution >= 0.6 is 0 Å². The average molecular weight is 171 g/mol. The van der Waals surface area contributed by atoms with Crippen LogP contribution in [0.4, 0.5) is 5.69 Å². The van der Waals surface area contributed by atoms with Gasteiger partial charge in [0.1, 0.15) is 0 Å². The summed E-state index contributed by atoms with van der Waals surface area (Å²) >= 11 is 0. The van der Waals surface area contributed by atoms with Crippen LogP contribution in [0.5, 0.6) is 0 Å². The van der Waals surface area contributed by atoms with Crippen molar-refractivity contribution in [3.05, 3.63) is 35.6 Å². The number of benzene rings is 1. The summed E-state index contributed by atoms with van der Waals surface area (Å²) in [6, 6.07) is 4.06. The van der Waals surface area contributed by atoms with Crippen LogP contribution in [0, 0.1) is 0 Å². The lowest BCUT2D eigenvalue weighted by Crippen LogP contribution is -1.93. The number of nitrogens with two attached hydrogens (primary N) is 1. The second-order valence-corrected chi connectivity index (χ2v) is 3.30. The van der Waals surface area contributed by atoms with Gasteiger partial charge in [-0.3, -0.25) is 0 Å². The number of hydrogen-bond acceptors (Lipinski definition) is 2. The van der Waals surface area contributed by atoms with Gasteiger partial charge in [0.15, 0.2) is 5.58 Å². The Hall–Kier alpha value is -1.70. The Kier molecular flexibility index (Phi) is 1.13. The van der Waals surface area contributed by atoms with Gasteiger partial charge in [-0.05, 0) is 29.7 Å². The first-order valence-electron chi connectivity index (χ1n) is 4.31. The minimum absolute atomic E-state index is 0.794. The molecule has 2 nitrogen and oxygen atoms in total. The van der Waals surface area contributed by atoms with E-state index in [0.29, 0.717) is 0 Å². The molecular formula is C11H9NO. The molecular weight excluding hydrogens is 162 g/mol. The predicted molar refractivity (Wildman–Crippen MR) is 53.4 cm³/mol. The summed E-state index contributed by atoms with van der Waals surface area (Å²) in [5.41, 5.74) is 10.0. The maximum Gasteiger partial charge on any atom is 0.157 e. The Bertz CT molecular complexity index is 508. The molecule has 1 aliphatic rings. The molecule has 3 rings (SSSR count). The van der Waals surface area contributed by atoms with Gasteiger partial charge in [0.05, 0.1) is 12.0 Å². The first kappa shape index (κ1) is 6.78. The molecule has 0 spiro atoms. The van der Waals surface area contributed by atoms with Crippen molar-refractivity contribution in [2.45, 2.75) is 6.42 Å². The van der Waals surface area contributed by atoms with Gasteiger partial charge < -0.3 is 10.2 Å². The molecule has 0 saturated heterocycles. The average Bonchev–Trinajstić information content (AvgIpc) is 2.71. The van der Waals surface area contributed by atoms with Gasteiger partial charge in [-0.2, -0.15) is 0 Å². The van der Waals surface area contributed by atoms with Crippen molar-refractivity contribution in [2.24, 2.45) is 0 Å². The first-order valence-corrected chi connectivity index (χ1v) is 4.31. The lowest BCUT2D eigenvalue weighted by molar-refractivity contribution is 0.617. The molecule has 2 aromatic rings. The smallest absolute Gasteiger partial charge is 0.157 e. The fourth-order valence-electron chi connectivity index (χ4n) is 1.88. The van der Waals surface area contributed by atoms with Crippen molar-refractivity contribution in [3.8, 4) is 0 Å². The molecule has 13 heavy (non-hydrogen) atoms. The second kappa shape index (κ2) is 2.16. The quantitative estimate of drug-likeness (QED) is 0.619. The van der Waals surface area contributed by atoms with Gasteiger partial charge in [0, 0.05) is 5.39 Å². The van der Waals surface area contributed by atoms with E-state index in [1.807, 2.05) is 6.07 Å². The zero-order valence-corrected chi connectivity index (χ0v) is 7.08. The van der Waals surface area contributed by atoms with E-state index in [0.717, 1.165) is 23.1 Å². The van der Waals surface area contributed by atoms with E-state index in [1.54, 1.807) is 6.26 Å². The fourth-order valence-corrected chi connectivity index (χ4v) is 1.88. The summed E-state index contributed by atoms with van der Waals surface area (Å²) < 4.78 is 5.32. The molecule has 64 valence electrons. The molecule has 0 amide bonds. The normalized spacial score (nSPS) is 13.8. The minimum Gasteiger partial charge on any atom is -0.462 e. The van der Waals surface area contributed by atoms with Crippen molar-refractivity contribution in [2.75, 3.05) is 5.73 Å². The summed E-state index contributed by atoms with van der Waals surface area (Å²) in [5.74, 6) is 0. The molecule has 2 heteroatoms. The first-order chi connectivity index (χ1) is 6.36. The number of fused-ring (bicyclic) bond motifs is 2. The summed E-state index contributed by atoms with van der Waals surface area (Å²) in [6.45, 7) is 0. The lowest BCUT2D eigenvalue weighted by atomic mass is 10.1. The Morgan fingerprint density at radius 3 is 3.23 bits per heavy atom. The highest BCUT2D eigenvalue weighted by Crippen LogP contribution is 2.33. The van der Waals surface area contributed by atoms with Gasteiger partial charge in [-0.25, -0.2) is 0 Å². The number of anilines is 1. The van der Waals surface area contributed by atoms with E-state index in [4.69, 9.17) is 10.2 Å². The third-order valence-corrected chi connectivity index (χ3v) is 2.54. The Labute approximate surface area is 75.6 Å². The van der Waals surface area contributed by atoms with Gasteiger partial charge in [-0.15, -0.1) is 0 Å². The van der Waals surface area contributed by atoms with Crippen molar-refractivity contribution in [1.29, 1.82) is 0 Å². The highest BCUT2D eigenvalue weighted by Gasteiger charge is 2.13. The van der Waals surface area contributed by atoms with E-state index in [9.17, 15) is 0 Å². The number of hydrogen-bond donors (Lipinski definition) is 1. The largest absolute Gasteiger partial charge is 0.462 e. The molecule has 1 heterocycles. The van der Waals surface area contributed by atoms with E-state index in [-0.39, 0.29) is 0 Å². The summed E-state index contributed by atoms with van der Waals surface area (Å²) in [4.78, 5) is 0. The highest BCUT2D eigenvalue weighted by molar-refractivity contribution is 5.93. The van der Waals surface area contributed by atoms with Gasteiger partial charge in [-0.1, -0.05) is 12.2 Å². The number of nitrogen functional groups attached to an aromatic ring is 1. The van der Waals surface area contributed by atoms with Crippen LogP contribution in [-0.4, -0.2) is 0 Å². The number of allylic oxidation sites excluding steroid dienone is 1. The van der Waals surface area contributed by atoms with E-state index in [1.165, 1.54) is 11.1 Å². The Morgan fingerprint density at radius 2 is 2.31 bits per heavy atom. The maximum atomic E-state index is 5.98. The van der Waals surface area contributed by atoms with Crippen LogP contribution in [-0.2, 0) is 6.42 Å². The SMILES string of the molecule is Nc1c2c(cc3ccoc13)C=CC2. The molecule has 0 unspecified atom stereocenters. The maximum absolute atomic E-state index is 5.98. The molecule has 0 bridgehead atoms. The van der Waals surface area contributed by atoms with Gasteiger partial charge >= 0.3 is 0 Å². The third kappa shape index (κ3) is 0.773. The summed E-state index contributed by atoms with van der Waals surface area (Å²) in [6.07, 6.45) is 6.84. The van der Waals surface area contributed by atoms with E-state index < -0.39 is 0 Å². The van der Waals surface area contributed by atoms with Crippen LogP contribution in [0.15, 0.2) is 28.9 Å². The molecule has 0 aliphatic heterocycles. The summed E-state index contributed by atoms with van der Waals surface area (Å²) in [5, 5.41) is 1.09.